The molecule has 0 aliphatic carbocycles. The third-order valence-corrected chi connectivity index (χ3v) is 4.66. The highest BCUT2D eigenvalue weighted by Crippen LogP contribution is 2.17. The standard InChI is InChI=1S/C15H13ClO3S/c16-13-7-4-8-15(10-13)20(18,19)11-14(17)9-12-5-2-1-3-6-12/h1-8,10H,9,11H2. The molecule has 0 aliphatic rings. The fourth-order valence-corrected chi connectivity index (χ4v) is 3.37. The van der Waals surface area contributed by atoms with Crippen LogP contribution in [0.15, 0.2) is 59.5 Å². The zero-order valence-electron chi connectivity index (χ0n) is 10.6. The predicted octanol–water partition coefficient (Wildman–Crippen LogP) is 2.93. The first-order chi connectivity index (χ1) is 9.47. The molecule has 3 nitrogen and oxygen atoms in total. The number of carbonyl (C=O) groups is 1. The van der Waals surface area contributed by atoms with Gasteiger partial charge in [0.25, 0.3) is 0 Å². The molecule has 0 atom stereocenters. The summed E-state index contributed by atoms with van der Waals surface area (Å²) in [6.45, 7) is 0. The van der Waals surface area contributed by atoms with E-state index in [-0.39, 0.29) is 17.1 Å². The van der Waals surface area contributed by atoms with Gasteiger partial charge in [0.05, 0.1) is 4.90 Å². The summed E-state index contributed by atoms with van der Waals surface area (Å²) in [6, 6.07) is 15.0. The molecule has 0 radical (unpaired) electrons. The highest BCUT2D eigenvalue weighted by atomic mass is 35.5. The van der Waals surface area contributed by atoms with Crippen LogP contribution >= 0.6 is 11.6 Å². The SMILES string of the molecule is O=C(Cc1ccccc1)CS(=O)(=O)c1cccc(Cl)c1. The van der Waals surface area contributed by atoms with E-state index >= 15 is 0 Å². The van der Waals surface area contributed by atoms with Crippen molar-refractivity contribution in [2.75, 3.05) is 5.75 Å². The van der Waals surface area contributed by atoms with Crippen LogP contribution in [0.4, 0.5) is 0 Å². The quantitative estimate of drug-likeness (QED) is 0.853. The molecular weight excluding hydrogens is 296 g/mol. The second-order valence-corrected chi connectivity index (χ2v) is 6.84. The minimum atomic E-state index is -3.64. The van der Waals surface area contributed by atoms with E-state index in [0.29, 0.717) is 5.02 Å². The molecule has 104 valence electrons. The van der Waals surface area contributed by atoms with Gasteiger partial charge in [-0.05, 0) is 23.8 Å². The van der Waals surface area contributed by atoms with E-state index in [2.05, 4.69) is 0 Å². The highest BCUT2D eigenvalue weighted by Gasteiger charge is 2.19. The van der Waals surface area contributed by atoms with E-state index in [4.69, 9.17) is 11.6 Å². The van der Waals surface area contributed by atoms with Crippen molar-refractivity contribution in [2.45, 2.75) is 11.3 Å². The van der Waals surface area contributed by atoms with Gasteiger partial charge in [-0.2, -0.15) is 0 Å². The maximum absolute atomic E-state index is 12.1. The molecule has 0 heterocycles. The van der Waals surface area contributed by atoms with E-state index in [1.165, 1.54) is 12.1 Å². The van der Waals surface area contributed by atoms with Gasteiger partial charge in [0.1, 0.15) is 5.75 Å². The van der Waals surface area contributed by atoms with Crippen molar-refractivity contribution in [2.24, 2.45) is 0 Å². The second kappa shape index (κ2) is 6.20. The molecule has 5 heteroatoms. The lowest BCUT2D eigenvalue weighted by Gasteiger charge is -2.04. The normalized spacial score (nSPS) is 11.2. The van der Waals surface area contributed by atoms with E-state index in [1.807, 2.05) is 18.2 Å². The Kier molecular flexibility index (Phi) is 4.57. The van der Waals surface area contributed by atoms with E-state index in [0.717, 1.165) is 5.56 Å². The summed E-state index contributed by atoms with van der Waals surface area (Å²) < 4.78 is 24.2. The van der Waals surface area contributed by atoms with Gasteiger partial charge in [-0.25, -0.2) is 8.42 Å². The van der Waals surface area contributed by atoms with Crippen LogP contribution in [0.1, 0.15) is 5.56 Å². The molecule has 0 aromatic heterocycles. The number of sulfone groups is 1. The number of benzene rings is 2. The highest BCUT2D eigenvalue weighted by molar-refractivity contribution is 7.92. The molecule has 0 fully saturated rings. The molecule has 0 saturated carbocycles. The Hall–Kier alpha value is -1.65. The van der Waals surface area contributed by atoms with Gasteiger partial charge in [-0.3, -0.25) is 4.79 Å². The number of Topliss-reactive ketones (excluding diaryl/α,β-unsaturated/α-hetero) is 1. The summed E-state index contributed by atoms with van der Waals surface area (Å²) in [5.41, 5.74) is 0.804. The van der Waals surface area contributed by atoms with Crippen molar-refractivity contribution in [1.82, 2.24) is 0 Å². The largest absolute Gasteiger partial charge is 0.298 e. The van der Waals surface area contributed by atoms with Gasteiger partial charge >= 0.3 is 0 Å². The average molecular weight is 309 g/mol. The molecule has 0 unspecified atom stereocenters. The Morgan fingerprint density at radius 3 is 2.35 bits per heavy atom. The number of hydrogen-bond donors (Lipinski definition) is 0. The third kappa shape index (κ3) is 3.92. The summed E-state index contributed by atoms with van der Waals surface area (Å²) >= 11 is 5.77. The van der Waals surface area contributed by atoms with Gasteiger partial charge < -0.3 is 0 Å². The molecule has 0 N–H and O–H groups in total. The van der Waals surface area contributed by atoms with Gasteiger partial charge in [-0.15, -0.1) is 0 Å². The van der Waals surface area contributed by atoms with Crippen molar-refractivity contribution in [3.05, 3.63) is 65.2 Å². The number of hydrogen-bond acceptors (Lipinski definition) is 3. The predicted molar refractivity (Wildman–Crippen MR) is 78.7 cm³/mol. The van der Waals surface area contributed by atoms with Crippen LogP contribution in [0.3, 0.4) is 0 Å². The lowest BCUT2D eigenvalue weighted by Crippen LogP contribution is -2.18. The Morgan fingerprint density at radius 2 is 1.70 bits per heavy atom. The monoisotopic (exact) mass is 308 g/mol. The maximum atomic E-state index is 12.1. The number of carbonyl (C=O) groups excluding carboxylic acids is 1. The third-order valence-electron chi connectivity index (χ3n) is 2.75. The Morgan fingerprint density at radius 1 is 1.00 bits per heavy atom. The van der Waals surface area contributed by atoms with Crippen LogP contribution in [0.5, 0.6) is 0 Å². The summed E-state index contributed by atoms with van der Waals surface area (Å²) in [7, 11) is -3.64. The molecule has 2 rings (SSSR count). The van der Waals surface area contributed by atoms with Crippen LogP contribution in [0.2, 0.25) is 5.02 Å². The summed E-state index contributed by atoms with van der Waals surface area (Å²) in [6.07, 6.45) is 0.112. The van der Waals surface area contributed by atoms with Crippen LogP contribution in [-0.2, 0) is 21.1 Å². The topological polar surface area (TPSA) is 51.2 Å². The summed E-state index contributed by atoms with van der Waals surface area (Å²) in [4.78, 5) is 11.9. The Balaban J connectivity index is 2.11. The van der Waals surface area contributed by atoms with Crippen LogP contribution < -0.4 is 0 Å². The second-order valence-electron chi connectivity index (χ2n) is 4.42. The molecule has 0 amide bonds. The molecule has 20 heavy (non-hydrogen) atoms. The maximum Gasteiger partial charge on any atom is 0.185 e. The minimum absolute atomic E-state index is 0.0754. The van der Waals surface area contributed by atoms with E-state index < -0.39 is 15.6 Å². The van der Waals surface area contributed by atoms with E-state index in [9.17, 15) is 13.2 Å². The first-order valence-corrected chi connectivity index (χ1v) is 8.04. The first kappa shape index (κ1) is 14.8. The average Bonchev–Trinajstić information content (AvgIpc) is 2.39. The summed E-state index contributed by atoms with van der Waals surface area (Å²) in [5, 5.41) is 0.335. The number of rotatable bonds is 5. The number of halogens is 1. The van der Waals surface area contributed by atoms with Gasteiger partial charge in [0, 0.05) is 11.4 Å². The summed E-state index contributed by atoms with van der Waals surface area (Å²) in [5.74, 6) is -0.849. The van der Waals surface area contributed by atoms with Crippen molar-refractivity contribution in [1.29, 1.82) is 0 Å². The van der Waals surface area contributed by atoms with Crippen LogP contribution in [0.25, 0.3) is 0 Å². The Bertz CT molecular complexity index is 709. The van der Waals surface area contributed by atoms with Gasteiger partial charge in [0.15, 0.2) is 15.6 Å². The Labute approximate surface area is 123 Å². The molecule has 0 saturated heterocycles. The van der Waals surface area contributed by atoms with Crippen molar-refractivity contribution < 1.29 is 13.2 Å². The smallest absolute Gasteiger partial charge is 0.185 e. The van der Waals surface area contributed by atoms with Crippen molar-refractivity contribution in [3.8, 4) is 0 Å². The molecule has 2 aromatic carbocycles. The van der Waals surface area contributed by atoms with Crippen LogP contribution in [-0.4, -0.2) is 20.0 Å². The van der Waals surface area contributed by atoms with Gasteiger partial charge in [0.2, 0.25) is 0 Å². The number of ketones is 1. The zero-order valence-corrected chi connectivity index (χ0v) is 12.2. The first-order valence-electron chi connectivity index (χ1n) is 6.01. The molecular formula is C15H13ClO3S. The molecule has 2 aromatic rings. The van der Waals surface area contributed by atoms with Crippen molar-refractivity contribution in [3.63, 3.8) is 0 Å². The van der Waals surface area contributed by atoms with Crippen molar-refractivity contribution >= 4 is 27.2 Å². The van der Waals surface area contributed by atoms with Gasteiger partial charge in [-0.1, -0.05) is 48.0 Å². The van der Waals surface area contributed by atoms with E-state index in [1.54, 1.807) is 24.3 Å². The molecule has 0 bridgehead atoms. The van der Waals surface area contributed by atoms with Crippen LogP contribution in [0, 0.1) is 0 Å². The lowest BCUT2D eigenvalue weighted by molar-refractivity contribution is -0.116. The fraction of sp³-hybridized carbons (Fsp3) is 0.133. The zero-order chi connectivity index (χ0) is 14.6. The molecule has 0 spiro atoms. The fourth-order valence-electron chi connectivity index (χ4n) is 1.83. The lowest BCUT2D eigenvalue weighted by atomic mass is 10.1. The minimum Gasteiger partial charge on any atom is -0.298 e. The molecule has 0 aliphatic heterocycles.